The molecule has 0 aromatic heterocycles. The summed E-state index contributed by atoms with van der Waals surface area (Å²) in [7, 11) is 0. The van der Waals surface area contributed by atoms with E-state index >= 15 is 0 Å². The molecule has 3 aliphatic rings. The topological polar surface area (TPSA) is 38.8 Å². The predicted molar refractivity (Wildman–Crippen MR) is 87.0 cm³/mol. The van der Waals surface area contributed by atoms with Gasteiger partial charge in [-0.2, -0.15) is 0 Å². The third-order valence-corrected chi connectivity index (χ3v) is 5.67. The van der Waals surface area contributed by atoms with Gasteiger partial charge < -0.3 is 14.4 Å². The van der Waals surface area contributed by atoms with Gasteiger partial charge in [-0.05, 0) is 44.2 Å². The lowest BCUT2D eigenvalue weighted by atomic mass is 9.87. The van der Waals surface area contributed by atoms with Crippen molar-refractivity contribution in [2.45, 2.75) is 57.5 Å². The van der Waals surface area contributed by atoms with E-state index in [9.17, 15) is 4.79 Å². The number of morpholine rings is 1. The van der Waals surface area contributed by atoms with Crippen LogP contribution in [-0.4, -0.2) is 42.2 Å². The van der Waals surface area contributed by atoms with Crippen LogP contribution in [-0.2, 0) is 14.3 Å². The molecular formula is C19H25NO3. The summed E-state index contributed by atoms with van der Waals surface area (Å²) in [6.07, 6.45) is 3.52. The van der Waals surface area contributed by atoms with Gasteiger partial charge in [-0.1, -0.05) is 24.3 Å². The molecule has 1 aromatic carbocycles. The molecule has 3 saturated heterocycles. The van der Waals surface area contributed by atoms with Crippen LogP contribution >= 0.6 is 0 Å². The molecule has 23 heavy (non-hydrogen) atoms. The molecule has 0 saturated carbocycles. The van der Waals surface area contributed by atoms with Gasteiger partial charge in [0.2, 0.25) is 5.91 Å². The van der Waals surface area contributed by atoms with Gasteiger partial charge in [0.15, 0.2) is 0 Å². The molecule has 3 fully saturated rings. The minimum absolute atomic E-state index is 0.0177. The molecule has 0 radical (unpaired) electrons. The van der Waals surface area contributed by atoms with E-state index in [0.717, 1.165) is 19.3 Å². The van der Waals surface area contributed by atoms with Gasteiger partial charge in [0, 0.05) is 0 Å². The first-order chi connectivity index (χ1) is 11.1. The van der Waals surface area contributed by atoms with Gasteiger partial charge in [-0.25, -0.2) is 0 Å². The molecule has 3 aliphatic heterocycles. The summed E-state index contributed by atoms with van der Waals surface area (Å²) in [5.74, 6) is 0.332. The molecule has 5 atom stereocenters. The number of carbonyl (C=O) groups is 1. The zero-order chi connectivity index (χ0) is 16.0. The quantitative estimate of drug-likeness (QED) is 0.842. The molecule has 2 bridgehead atoms. The molecule has 0 unspecified atom stereocenters. The largest absolute Gasteiger partial charge is 0.374 e. The van der Waals surface area contributed by atoms with Crippen molar-refractivity contribution in [1.82, 2.24) is 4.90 Å². The number of rotatable bonds is 2. The lowest BCUT2D eigenvalue weighted by molar-refractivity contribution is -0.150. The van der Waals surface area contributed by atoms with Crippen molar-refractivity contribution in [3.63, 3.8) is 0 Å². The first kappa shape index (κ1) is 15.2. The average Bonchev–Trinajstić information content (AvgIpc) is 3.18. The first-order valence-corrected chi connectivity index (χ1v) is 8.76. The Hall–Kier alpha value is -1.39. The van der Waals surface area contributed by atoms with Crippen molar-refractivity contribution in [1.29, 1.82) is 0 Å². The van der Waals surface area contributed by atoms with E-state index in [4.69, 9.17) is 9.47 Å². The van der Waals surface area contributed by atoms with Gasteiger partial charge in [-0.3, -0.25) is 4.79 Å². The fourth-order valence-corrected chi connectivity index (χ4v) is 4.31. The van der Waals surface area contributed by atoms with Crippen LogP contribution in [0.4, 0.5) is 0 Å². The number of ether oxygens (including phenoxy) is 2. The van der Waals surface area contributed by atoms with Crippen LogP contribution in [0.15, 0.2) is 24.3 Å². The minimum atomic E-state index is -0.0177. The van der Waals surface area contributed by atoms with Crippen LogP contribution in [0.5, 0.6) is 0 Å². The van der Waals surface area contributed by atoms with Crippen molar-refractivity contribution in [2.75, 3.05) is 13.2 Å². The number of amides is 1. The highest BCUT2D eigenvalue weighted by molar-refractivity contribution is 5.80. The highest BCUT2D eigenvalue weighted by Gasteiger charge is 2.47. The van der Waals surface area contributed by atoms with Crippen LogP contribution in [0.3, 0.4) is 0 Å². The van der Waals surface area contributed by atoms with Crippen LogP contribution in [0, 0.1) is 12.8 Å². The van der Waals surface area contributed by atoms with Gasteiger partial charge >= 0.3 is 0 Å². The van der Waals surface area contributed by atoms with E-state index in [2.05, 4.69) is 26.0 Å². The molecule has 0 aliphatic carbocycles. The number of fused-ring (bicyclic) bond motifs is 2. The van der Waals surface area contributed by atoms with E-state index < -0.39 is 0 Å². The number of aryl methyl sites for hydroxylation is 1. The zero-order valence-corrected chi connectivity index (χ0v) is 13.9. The lowest BCUT2D eigenvalue weighted by Crippen LogP contribution is -2.51. The number of hydrogen-bond donors (Lipinski definition) is 0. The van der Waals surface area contributed by atoms with E-state index in [-0.39, 0.29) is 30.1 Å². The van der Waals surface area contributed by atoms with Crippen LogP contribution in [0.2, 0.25) is 0 Å². The Labute approximate surface area is 137 Å². The van der Waals surface area contributed by atoms with Crippen LogP contribution in [0.1, 0.15) is 43.4 Å². The van der Waals surface area contributed by atoms with E-state index in [1.54, 1.807) is 0 Å². The maximum atomic E-state index is 13.1. The third kappa shape index (κ3) is 2.68. The van der Waals surface area contributed by atoms with Crippen molar-refractivity contribution in [2.24, 2.45) is 5.92 Å². The van der Waals surface area contributed by atoms with E-state index in [1.807, 2.05) is 17.0 Å². The Morgan fingerprint density at radius 3 is 2.78 bits per heavy atom. The van der Waals surface area contributed by atoms with E-state index in [1.165, 1.54) is 11.1 Å². The summed E-state index contributed by atoms with van der Waals surface area (Å²) < 4.78 is 11.9. The summed E-state index contributed by atoms with van der Waals surface area (Å²) in [6.45, 7) is 5.44. The Balaban J connectivity index is 1.51. The third-order valence-electron chi connectivity index (χ3n) is 5.67. The van der Waals surface area contributed by atoms with Gasteiger partial charge in [-0.15, -0.1) is 0 Å². The summed E-state index contributed by atoms with van der Waals surface area (Å²) >= 11 is 0. The van der Waals surface area contributed by atoms with Gasteiger partial charge in [0.1, 0.15) is 6.10 Å². The second kappa shape index (κ2) is 5.91. The predicted octanol–water partition coefficient (Wildman–Crippen LogP) is 2.85. The molecule has 0 N–H and O–H groups in total. The van der Waals surface area contributed by atoms with Gasteiger partial charge in [0.05, 0.1) is 37.3 Å². The normalized spacial score (nSPS) is 36.4. The van der Waals surface area contributed by atoms with Crippen LogP contribution < -0.4 is 0 Å². The molecule has 124 valence electrons. The molecule has 4 nitrogen and oxygen atoms in total. The SMILES string of the molecule is Cc1ccccc1[C@@H]1CN(C(=O)[C@H]2C[C@H]3CC[C@H]2O3)[C@H](C)CO1. The summed E-state index contributed by atoms with van der Waals surface area (Å²) in [5, 5.41) is 0. The maximum Gasteiger partial charge on any atom is 0.228 e. The maximum absolute atomic E-state index is 13.1. The second-order valence-electron chi connectivity index (χ2n) is 7.23. The van der Waals surface area contributed by atoms with Crippen molar-refractivity contribution in [3.8, 4) is 0 Å². The highest BCUT2D eigenvalue weighted by Crippen LogP contribution is 2.40. The zero-order valence-electron chi connectivity index (χ0n) is 13.9. The average molecular weight is 315 g/mol. The fourth-order valence-electron chi connectivity index (χ4n) is 4.31. The fraction of sp³-hybridized carbons (Fsp3) is 0.632. The summed E-state index contributed by atoms with van der Waals surface area (Å²) in [4.78, 5) is 15.1. The first-order valence-electron chi connectivity index (χ1n) is 8.76. The molecule has 4 heteroatoms. The van der Waals surface area contributed by atoms with Crippen molar-refractivity contribution >= 4 is 5.91 Å². The lowest BCUT2D eigenvalue weighted by Gasteiger charge is -2.40. The minimum Gasteiger partial charge on any atom is -0.374 e. The number of benzene rings is 1. The monoisotopic (exact) mass is 315 g/mol. The number of hydrogen-bond acceptors (Lipinski definition) is 3. The van der Waals surface area contributed by atoms with Crippen molar-refractivity contribution in [3.05, 3.63) is 35.4 Å². The number of carbonyl (C=O) groups excluding carboxylic acids is 1. The molecular weight excluding hydrogens is 290 g/mol. The van der Waals surface area contributed by atoms with Crippen LogP contribution in [0.25, 0.3) is 0 Å². The number of nitrogens with zero attached hydrogens (tertiary/aromatic N) is 1. The molecule has 1 amide bonds. The second-order valence-corrected chi connectivity index (χ2v) is 7.23. The molecule has 1 aromatic rings. The molecule has 4 rings (SSSR count). The summed E-state index contributed by atoms with van der Waals surface area (Å²) in [5.41, 5.74) is 2.42. The molecule has 3 heterocycles. The smallest absolute Gasteiger partial charge is 0.228 e. The van der Waals surface area contributed by atoms with E-state index in [0.29, 0.717) is 19.3 Å². The standard InChI is InChI=1S/C19H25NO3/c1-12-5-3-4-6-15(12)18-10-20(13(2)11-22-18)19(21)16-9-14-7-8-17(16)23-14/h3-6,13-14,16-18H,7-11H2,1-2H3/t13-,14-,16+,17-,18+/m1/s1. The van der Waals surface area contributed by atoms with Crippen molar-refractivity contribution < 1.29 is 14.3 Å². The Bertz CT molecular complexity index is 602. The Morgan fingerprint density at radius 2 is 2.09 bits per heavy atom. The highest BCUT2D eigenvalue weighted by atomic mass is 16.5. The molecule has 0 spiro atoms. The summed E-state index contributed by atoms with van der Waals surface area (Å²) in [6, 6.07) is 8.44. The van der Waals surface area contributed by atoms with Gasteiger partial charge in [0.25, 0.3) is 0 Å². The Morgan fingerprint density at radius 1 is 1.26 bits per heavy atom. The Kier molecular flexibility index (Phi) is 3.90.